The molecule has 0 aliphatic rings. The van der Waals surface area contributed by atoms with Gasteiger partial charge in [0, 0.05) is 11.8 Å². The third-order valence-electron chi connectivity index (χ3n) is 3.48. The van der Waals surface area contributed by atoms with E-state index in [9.17, 15) is 0 Å². The Morgan fingerprint density at radius 3 is 2.78 bits per heavy atom. The summed E-state index contributed by atoms with van der Waals surface area (Å²) in [5.41, 5.74) is 6.61. The normalized spacial score (nSPS) is 13.0. The first-order valence-corrected chi connectivity index (χ1v) is 7.01. The highest BCUT2D eigenvalue weighted by molar-refractivity contribution is 5.77. The van der Waals surface area contributed by atoms with Crippen LogP contribution in [0.4, 0.5) is 0 Å². The Morgan fingerprint density at radius 1 is 1.22 bits per heavy atom. The van der Waals surface area contributed by atoms with Gasteiger partial charge in [-0.1, -0.05) is 38.0 Å². The Balaban J connectivity index is 2.05. The van der Waals surface area contributed by atoms with Crippen molar-refractivity contribution in [3.8, 4) is 0 Å². The van der Waals surface area contributed by atoms with E-state index < -0.39 is 0 Å². The summed E-state index contributed by atoms with van der Waals surface area (Å²) in [4.78, 5) is 0. The van der Waals surface area contributed by atoms with Crippen molar-refractivity contribution < 1.29 is 4.42 Å². The Morgan fingerprint density at radius 2 is 2.06 bits per heavy atom. The lowest BCUT2D eigenvalue weighted by Crippen LogP contribution is -2.07. The summed E-state index contributed by atoms with van der Waals surface area (Å²) in [7, 11) is 0. The van der Waals surface area contributed by atoms with Crippen LogP contribution in [0.3, 0.4) is 0 Å². The lowest BCUT2D eigenvalue weighted by atomic mass is 9.93. The number of furan rings is 1. The van der Waals surface area contributed by atoms with Crippen molar-refractivity contribution in [3.63, 3.8) is 0 Å². The molecule has 1 aromatic heterocycles. The summed E-state index contributed by atoms with van der Waals surface area (Å²) in [5.74, 6) is 1.82. The van der Waals surface area contributed by atoms with E-state index in [2.05, 4.69) is 25.1 Å². The van der Waals surface area contributed by atoms with Crippen molar-refractivity contribution in [1.82, 2.24) is 0 Å². The van der Waals surface area contributed by atoms with Crippen LogP contribution in [0.15, 0.2) is 34.7 Å². The van der Waals surface area contributed by atoms with Crippen molar-refractivity contribution in [1.29, 1.82) is 0 Å². The van der Waals surface area contributed by atoms with Gasteiger partial charge in [-0.25, -0.2) is 0 Å². The molecule has 0 aliphatic carbocycles. The van der Waals surface area contributed by atoms with Gasteiger partial charge in [0.05, 0.1) is 0 Å². The molecule has 1 aromatic carbocycles. The third kappa shape index (κ3) is 3.36. The van der Waals surface area contributed by atoms with Gasteiger partial charge in [0.25, 0.3) is 0 Å². The van der Waals surface area contributed by atoms with Crippen LogP contribution < -0.4 is 5.73 Å². The van der Waals surface area contributed by atoms with E-state index in [-0.39, 0.29) is 0 Å². The molecule has 2 nitrogen and oxygen atoms in total. The summed E-state index contributed by atoms with van der Waals surface area (Å²) < 4.78 is 5.89. The molecular weight excluding hydrogens is 222 g/mol. The average molecular weight is 245 g/mol. The van der Waals surface area contributed by atoms with Crippen LogP contribution in [0.1, 0.15) is 38.4 Å². The topological polar surface area (TPSA) is 39.2 Å². The smallest absolute Gasteiger partial charge is 0.134 e. The maximum Gasteiger partial charge on any atom is 0.134 e. The number of benzene rings is 1. The highest BCUT2D eigenvalue weighted by atomic mass is 16.3. The number of fused-ring (bicyclic) bond motifs is 1. The minimum atomic E-state index is 0.708. The molecule has 2 aromatic rings. The summed E-state index contributed by atoms with van der Waals surface area (Å²) in [5, 5.41) is 1.21. The molecule has 1 heterocycles. The Bertz CT molecular complexity index is 442. The minimum absolute atomic E-state index is 0.708. The van der Waals surface area contributed by atoms with Gasteiger partial charge in [-0.15, -0.1) is 0 Å². The standard InChI is InChI=1S/C16H23NO/c1-2-6-13(7-5-10-17)11-15-12-14-8-3-4-9-16(14)18-15/h3-4,8-9,12-13H,2,5-7,10-11,17H2,1H3. The van der Waals surface area contributed by atoms with Crippen LogP contribution in [0.25, 0.3) is 11.0 Å². The summed E-state index contributed by atoms with van der Waals surface area (Å²) in [6, 6.07) is 10.4. The quantitative estimate of drug-likeness (QED) is 0.796. The lowest BCUT2D eigenvalue weighted by molar-refractivity contribution is 0.396. The Labute approximate surface area is 109 Å². The van der Waals surface area contributed by atoms with Gasteiger partial charge < -0.3 is 10.2 Å². The summed E-state index contributed by atoms with van der Waals surface area (Å²) in [6.45, 7) is 3.04. The predicted octanol–water partition coefficient (Wildman–Crippen LogP) is 4.13. The van der Waals surface area contributed by atoms with Crippen LogP contribution in [-0.4, -0.2) is 6.54 Å². The van der Waals surface area contributed by atoms with E-state index in [1.54, 1.807) is 0 Å². The van der Waals surface area contributed by atoms with Gasteiger partial charge in [0.1, 0.15) is 11.3 Å². The summed E-state index contributed by atoms with van der Waals surface area (Å²) in [6.07, 6.45) is 5.86. The van der Waals surface area contributed by atoms with E-state index in [1.165, 1.54) is 24.6 Å². The van der Waals surface area contributed by atoms with Gasteiger partial charge in [0.2, 0.25) is 0 Å². The predicted molar refractivity (Wildman–Crippen MR) is 76.6 cm³/mol. The number of rotatable bonds is 7. The van der Waals surface area contributed by atoms with Gasteiger partial charge >= 0.3 is 0 Å². The summed E-state index contributed by atoms with van der Waals surface area (Å²) >= 11 is 0. The SMILES string of the molecule is CCCC(CCCN)Cc1cc2ccccc2o1. The van der Waals surface area contributed by atoms with E-state index >= 15 is 0 Å². The van der Waals surface area contributed by atoms with Crippen LogP contribution >= 0.6 is 0 Å². The van der Waals surface area contributed by atoms with Gasteiger partial charge in [-0.2, -0.15) is 0 Å². The third-order valence-corrected chi connectivity index (χ3v) is 3.48. The van der Waals surface area contributed by atoms with Crippen molar-refractivity contribution >= 4 is 11.0 Å². The molecule has 0 amide bonds. The average Bonchev–Trinajstić information content (AvgIpc) is 2.78. The Hall–Kier alpha value is -1.28. The van der Waals surface area contributed by atoms with E-state index in [0.717, 1.165) is 30.7 Å². The van der Waals surface area contributed by atoms with Crippen LogP contribution in [0.2, 0.25) is 0 Å². The monoisotopic (exact) mass is 245 g/mol. The molecule has 18 heavy (non-hydrogen) atoms. The van der Waals surface area contributed by atoms with E-state index in [1.807, 2.05) is 12.1 Å². The molecule has 0 saturated heterocycles. The molecule has 98 valence electrons. The number of hydrogen-bond donors (Lipinski definition) is 1. The van der Waals surface area contributed by atoms with Gasteiger partial charge in [0.15, 0.2) is 0 Å². The fraction of sp³-hybridized carbons (Fsp3) is 0.500. The van der Waals surface area contributed by atoms with Crippen molar-refractivity contribution in [3.05, 3.63) is 36.1 Å². The number of hydrogen-bond acceptors (Lipinski definition) is 2. The number of para-hydroxylation sites is 1. The molecule has 1 atom stereocenters. The molecule has 1 unspecified atom stereocenters. The number of nitrogens with two attached hydrogens (primary N) is 1. The molecule has 0 bridgehead atoms. The second-order valence-corrected chi connectivity index (χ2v) is 5.04. The van der Waals surface area contributed by atoms with Gasteiger partial charge in [-0.05, 0) is 37.4 Å². The van der Waals surface area contributed by atoms with Crippen LogP contribution in [-0.2, 0) is 6.42 Å². The molecule has 0 fully saturated rings. The second-order valence-electron chi connectivity index (χ2n) is 5.04. The zero-order chi connectivity index (χ0) is 12.8. The molecule has 2 rings (SSSR count). The lowest BCUT2D eigenvalue weighted by Gasteiger charge is -2.13. The highest BCUT2D eigenvalue weighted by Gasteiger charge is 2.11. The molecule has 2 N–H and O–H groups in total. The van der Waals surface area contributed by atoms with Crippen molar-refractivity contribution in [2.45, 2.75) is 39.0 Å². The molecule has 0 aliphatic heterocycles. The fourth-order valence-electron chi connectivity index (χ4n) is 2.59. The molecular formula is C16H23NO. The first kappa shape index (κ1) is 13.2. The zero-order valence-electron chi connectivity index (χ0n) is 11.2. The molecule has 0 spiro atoms. The zero-order valence-corrected chi connectivity index (χ0v) is 11.2. The van der Waals surface area contributed by atoms with Crippen molar-refractivity contribution in [2.24, 2.45) is 11.7 Å². The first-order valence-electron chi connectivity index (χ1n) is 7.01. The fourth-order valence-corrected chi connectivity index (χ4v) is 2.59. The molecule has 2 heteroatoms. The maximum atomic E-state index is 5.89. The van der Waals surface area contributed by atoms with E-state index in [0.29, 0.717) is 5.92 Å². The van der Waals surface area contributed by atoms with Crippen LogP contribution in [0, 0.1) is 5.92 Å². The van der Waals surface area contributed by atoms with Gasteiger partial charge in [-0.3, -0.25) is 0 Å². The van der Waals surface area contributed by atoms with Crippen LogP contribution in [0.5, 0.6) is 0 Å². The second kappa shape index (κ2) is 6.60. The molecule has 0 radical (unpaired) electrons. The minimum Gasteiger partial charge on any atom is -0.461 e. The Kier molecular flexibility index (Phi) is 4.82. The molecule has 0 saturated carbocycles. The maximum absolute atomic E-state index is 5.89. The first-order chi connectivity index (χ1) is 8.83. The van der Waals surface area contributed by atoms with E-state index in [4.69, 9.17) is 10.2 Å². The van der Waals surface area contributed by atoms with Crippen molar-refractivity contribution in [2.75, 3.05) is 6.54 Å². The highest BCUT2D eigenvalue weighted by Crippen LogP contribution is 2.24. The largest absolute Gasteiger partial charge is 0.461 e.